The number of methoxy groups -OCH3 is 1. The first-order chi connectivity index (χ1) is 12.4. The van der Waals surface area contributed by atoms with Gasteiger partial charge in [0.15, 0.2) is 5.11 Å². The second-order valence-electron chi connectivity index (χ2n) is 5.67. The summed E-state index contributed by atoms with van der Waals surface area (Å²) in [7, 11) is -1.99. The second kappa shape index (κ2) is 9.51. The molecule has 0 atom stereocenters. The number of rotatable bonds is 8. The number of aryl methyl sites for hydroxylation is 1. The Morgan fingerprint density at radius 3 is 2.46 bits per heavy atom. The van der Waals surface area contributed by atoms with Crippen molar-refractivity contribution in [1.29, 1.82) is 0 Å². The van der Waals surface area contributed by atoms with E-state index in [2.05, 4.69) is 15.4 Å². The molecule has 3 N–H and O–H groups in total. The maximum atomic E-state index is 12.5. The highest BCUT2D eigenvalue weighted by Gasteiger charge is 2.15. The van der Waals surface area contributed by atoms with Gasteiger partial charge in [-0.3, -0.25) is 4.72 Å². The van der Waals surface area contributed by atoms with Crippen LogP contribution in [0.4, 0.5) is 11.4 Å². The molecule has 2 rings (SSSR count). The fraction of sp³-hybridized carbons (Fsp3) is 0.278. The molecule has 26 heavy (non-hydrogen) atoms. The molecule has 0 radical (unpaired) electrons. The van der Waals surface area contributed by atoms with Crippen molar-refractivity contribution in [2.75, 3.05) is 30.3 Å². The second-order valence-corrected chi connectivity index (χ2v) is 7.76. The molecule has 8 heteroatoms. The van der Waals surface area contributed by atoms with E-state index >= 15 is 0 Å². The number of hydrogen-bond donors (Lipinski definition) is 3. The molecule has 0 bridgehead atoms. The van der Waals surface area contributed by atoms with Crippen molar-refractivity contribution in [3.8, 4) is 0 Å². The molecular weight excluding hydrogens is 370 g/mol. The van der Waals surface area contributed by atoms with Gasteiger partial charge in [0.05, 0.1) is 10.6 Å². The van der Waals surface area contributed by atoms with Crippen LogP contribution in [0.3, 0.4) is 0 Å². The van der Waals surface area contributed by atoms with E-state index < -0.39 is 10.0 Å². The van der Waals surface area contributed by atoms with Crippen LogP contribution in [0.15, 0.2) is 53.4 Å². The average molecular weight is 394 g/mol. The third kappa shape index (κ3) is 5.98. The largest absolute Gasteiger partial charge is 0.385 e. The lowest BCUT2D eigenvalue weighted by atomic mass is 10.2. The fourth-order valence-corrected chi connectivity index (χ4v) is 3.55. The number of para-hydroxylation sites is 1. The summed E-state index contributed by atoms with van der Waals surface area (Å²) in [6.45, 7) is 3.22. The van der Waals surface area contributed by atoms with Crippen molar-refractivity contribution in [2.45, 2.75) is 18.2 Å². The predicted octanol–water partition coefficient (Wildman–Crippen LogP) is 3.12. The lowest BCUT2D eigenvalue weighted by Crippen LogP contribution is -2.29. The van der Waals surface area contributed by atoms with Gasteiger partial charge in [-0.05, 0) is 61.5 Å². The lowest BCUT2D eigenvalue weighted by Gasteiger charge is -2.12. The molecule has 2 aromatic carbocycles. The molecule has 140 valence electrons. The van der Waals surface area contributed by atoms with Gasteiger partial charge in [0, 0.05) is 25.9 Å². The highest BCUT2D eigenvalue weighted by molar-refractivity contribution is 7.92. The van der Waals surface area contributed by atoms with Crippen LogP contribution >= 0.6 is 12.2 Å². The number of ether oxygens (including phenoxy) is 1. The molecule has 0 fully saturated rings. The summed E-state index contributed by atoms with van der Waals surface area (Å²) in [5, 5.41) is 6.56. The molecular formula is C18H23N3O3S2. The first kappa shape index (κ1) is 20.2. The standard InChI is InChI=1S/C18H23N3O3S2/c1-14-6-3-4-7-17(14)21-26(22,23)16-10-8-15(9-11-16)20-18(25)19-12-5-13-24-2/h3-4,6-11,21H,5,12-13H2,1-2H3,(H2,19,20,25). The smallest absolute Gasteiger partial charge is 0.261 e. The van der Waals surface area contributed by atoms with Crippen molar-refractivity contribution >= 4 is 38.7 Å². The van der Waals surface area contributed by atoms with Gasteiger partial charge in [-0.1, -0.05) is 18.2 Å². The van der Waals surface area contributed by atoms with E-state index in [1.165, 1.54) is 12.1 Å². The van der Waals surface area contributed by atoms with Crippen LogP contribution in [0.2, 0.25) is 0 Å². The van der Waals surface area contributed by atoms with E-state index in [1.54, 1.807) is 31.4 Å². The van der Waals surface area contributed by atoms with E-state index in [0.29, 0.717) is 29.6 Å². The molecule has 0 saturated heterocycles. The molecule has 0 aromatic heterocycles. The summed E-state index contributed by atoms with van der Waals surface area (Å²) >= 11 is 5.20. The summed E-state index contributed by atoms with van der Waals surface area (Å²) in [4.78, 5) is 0.185. The number of sulfonamides is 1. The SMILES string of the molecule is COCCCNC(=S)Nc1ccc(S(=O)(=O)Nc2ccccc2C)cc1. The van der Waals surface area contributed by atoms with Crippen LogP contribution in [0.5, 0.6) is 0 Å². The Balaban J connectivity index is 1.97. The highest BCUT2D eigenvalue weighted by Crippen LogP contribution is 2.20. The van der Waals surface area contributed by atoms with Crippen LogP contribution in [-0.2, 0) is 14.8 Å². The number of hydrogen-bond acceptors (Lipinski definition) is 4. The maximum absolute atomic E-state index is 12.5. The van der Waals surface area contributed by atoms with E-state index in [1.807, 2.05) is 19.1 Å². The van der Waals surface area contributed by atoms with Crippen LogP contribution in [0.25, 0.3) is 0 Å². The monoisotopic (exact) mass is 393 g/mol. The van der Waals surface area contributed by atoms with E-state index in [9.17, 15) is 8.42 Å². The minimum atomic E-state index is -3.64. The van der Waals surface area contributed by atoms with Gasteiger partial charge in [-0.15, -0.1) is 0 Å². The summed E-state index contributed by atoms with van der Waals surface area (Å²) in [6, 6.07) is 13.7. The quantitative estimate of drug-likeness (QED) is 0.472. The summed E-state index contributed by atoms with van der Waals surface area (Å²) in [6.07, 6.45) is 0.847. The zero-order valence-corrected chi connectivity index (χ0v) is 16.4. The number of nitrogens with one attached hydrogen (secondary N) is 3. The Hall–Kier alpha value is -2.16. The van der Waals surface area contributed by atoms with Crippen LogP contribution < -0.4 is 15.4 Å². The van der Waals surface area contributed by atoms with Crippen LogP contribution in [0, 0.1) is 6.92 Å². The van der Waals surface area contributed by atoms with Crippen LogP contribution in [0.1, 0.15) is 12.0 Å². The minimum absolute atomic E-state index is 0.185. The van der Waals surface area contributed by atoms with Gasteiger partial charge >= 0.3 is 0 Å². The van der Waals surface area contributed by atoms with Crippen molar-refractivity contribution in [3.05, 3.63) is 54.1 Å². The number of anilines is 2. The zero-order chi connectivity index (χ0) is 19.0. The van der Waals surface area contributed by atoms with Crippen molar-refractivity contribution in [1.82, 2.24) is 5.32 Å². The molecule has 6 nitrogen and oxygen atoms in total. The maximum Gasteiger partial charge on any atom is 0.261 e. The topological polar surface area (TPSA) is 79.5 Å². The molecule has 0 aliphatic carbocycles. The average Bonchev–Trinajstić information content (AvgIpc) is 2.61. The Morgan fingerprint density at radius 1 is 1.12 bits per heavy atom. The highest BCUT2D eigenvalue weighted by atomic mass is 32.2. The Bertz CT molecular complexity index is 837. The Kier molecular flexibility index (Phi) is 7.38. The number of benzene rings is 2. The van der Waals surface area contributed by atoms with Gasteiger partial charge in [-0.25, -0.2) is 8.42 Å². The zero-order valence-electron chi connectivity index (χ0n) is 14.8. The van der Waals surface area contributed by atoms with Crippen LogP contribution in [-0.4, -0.2) is 33.8 Å². The van der Waals surface area contributed by atoms with Gasteiger partial charge in [-0.2, -0.15) is 0 Å². The normalized spacial score (nSPS) is 11.0. The summed E-state index contributed by atoms with van der Waals surface area (Å²) in [5.41, 5.74) is 2.14. The lowest BCUT2D eigenvalue weighted by molar-refractivity contribution is 0.196. The van der Waals surface area contributed by atoms with Crippen molar-refractivity contribution in [3.63, 3.8) is 0 Å². The Labute approximate surface area is 160 Å². The molecule has 2 aromatic rings. The van der Waals surface area contributed by atoms with Gasteiger partial charge in [0.25, 0.3) is 10.0 Å². The third-order valence-corrected chi connectivity index (χ3v) is 5.25. The molecule has 0 saturated carbocycles. The predicted molar refractivity (Wildman–Crippen MR) is 109 cm³/mol. The van der Waals surface area contributed by atoms with Crippen molar-refractivity contribution in [2.24, 2.45) is 0 Å². The van der Waals surface area contributed by atoms with Gasteiger partial charge in [0.1, 0.15) is 0 Å². The fourth-order valence-electron chi connectivity index (χ4n) is 2.20. The molecule has 0 amide bonds. The molecule has 0 aliphatic rings. The molecule has 0 aliphatic heterocycles. The minimum Gasteiger partial charge on any atom is -0.385 e. The Morgan fingerprint density at radius 2 is 1.81 bits per heavy atom. The van der Waals surface area contributed by atoms with E-state index in [0.717, 1.165) is 12.0 Å². The third-order valence-electron chi connectivity index (χ3n) is 3.62. The van der Waals surface area contributed by atoms with E-state index in [-0.39, 0.29) is 4.90 Å². The van der Waals surface area contributed by atoms with Gasteiger partial charge in [0.2, 0.25) is 0 Å². The molecule has 0 spiro atoms. The summed E-state index contributed by atoms with van der Waals surface area (Å²) in [5.74, 6) is 0. The first-order valence-electron chi connectivity index (χ1n) is 8.14. The first-order valence-corrected chi connectivity index (χ1v) is 10.0. The van der Waals surface area contributed by atoms with E-state index in [4.69, 9.17) is 17.0 Å². The summed E-state index contributed by atoms with van der Waals surface area (Å²) < 4.78 is 32.6. The van der Waals surface area contributed by atoms with Crippen molar-refractivity contribution < 1.29 is 13.2 Å². The van der Waals surface area contributed by atoms with Gasteiger partial charge < -0.3 is 15.4 Å². The molecule has 0 heterocycles. The molecule has 0 unspecified atom stereocenters. The number of thiocarbonyl (C=S) groups is 1.